The van der Waals surface area contributed by atoms with Crippen LogP contribution in [0.5, 0.6) is 0 Å². The van der Waals surface area contributed by atoms with Crippen LogP contribution < -0.4 is 21.5 Å². The van der Waals surface area contributed by atoms with Gasteiger partial charge in [0.2, 0.25) is 5.95 Å². The molecule has 18 heavy (non-hydrogen) atoms. The van der Waals surface area contributed by atoms with Gasteiger partial charge in [-0.2, -0.15) is 4.98 Å². The number of fused-ring (bicyclic) bond motifs is 1. The van der Waals surface area contributed by atoms with Gasteiger partial charge in [-0.15, -0.1) is 0 Å². The van der Waals surface area contributed by atoms with Crippen molar-refractivity contribution in [2.75, 3.05) is 42.6 Å². The molecule has 0 radical (unpaired) electrons. The number of hydrogen-bond donors (Lipinski definition) is 5. The third-order valence-electron chi connectivity index (χ3n) is 2.43. The van der Waals surface area contributed by atoms with Crippen molar-refractivity contribution in [3.63, 3.8) is 0 Å². The highest BCUT2D eigenvalue weighted by molar-refractivity contribution is 5.70. The number of H-pyrrole nitrogens is 1. The van der Waals surface area contributed by atoms with Gasteiger partial charge in [-0.05, 0) is 0 Å². The van der Waals surface area contributed by atoms with Crippen LogP contribution in [-0.2, 0) is 4.74 Å². The number of aliphatic hydroxyl groups is 2. The molecule has 9 heteroatoms. The van der Waals surface area contributed by atoms with Gasteiger partial charge in [0, 0.05) is 0 Å². The number of anilines is 3. The number of nitrogens with one attached hydrogen (secondary N) is 2. The molecule has 1 aromatic heterocycles. The smallest absolute Gasteiger partial charge is 0.277 e. The molecular formula is C9H15N5O4. The summed E-state index contributed by atoms with van der Waals surface area (Å²) in [5.41, 5.74) is 5.46. The van der Waals surface area contributed by atoms with Crippen molar-refractivity contribution in [2.45, 2.75) is 6.10 Å². The number of nitrogens with zero attached hydrogens (tertiary/aromatic N) is 2. The Kier molecular flexibility index (Phi) is 3.65. The second-order valence-corrected chi connectivity index (χ2v) is 3.86. The monoisotopic (exact) mass is 257 g/mol. The summed E-state index contributed by atoms with van der Waals surface area (Å²) in [4.78, 5) is 19.6. The van der Waals surface area contributed by atoms with E-state index in [-0.39, 0.29) is 31.5 Å². The number of ether oxygens (including phenoxy) is 1. The molecule has 100 valence electrons. The zero-order valence-corrected chi connectivity index (χ0v) is 9.59. The van der Waals surface area contributed by atoms with Crippen molar-refractivity contribution < 1.29 is 14.9 Å². The number of nitrogen functional groups attached to an aromatic ring is 1. The maximum atomic E-state index is 11.5. The summed E-state index contributed by atoms with van der Waals surface area (Å²) in [5.74, 6) is 0.442. The summed E-state index contributed by atoms with van der Waals surface area (Å²) >= 11 is 0. The largest absolute Gasteiger partial charge is 0.394 e. The topological polar surface area (TPSA) is 137 Å². The normalized spacial score (nSPS) is 15.3. The molecule has 1 aliphatic heterocycles. The number of aliphatic hydroxyl groups excluding tert-OH is 2. The Hall–Kier alpha value is -1.84. The molecule has 6 N–H and O–H groups in total. The van der Waals surface area contributed by atoms with Gasteiger partial charge in [0.15, 0.2) is 5.82 Å². The fourth-order valence-electron chi connectivity index (χ4n) is 1.57. The highest BCUT2D eigenvalue weighted by Crippen LogP contribution is 2.24. The first-order chi connectivity index (χ1) is 8.61. The fraction of sp³-hybridized carbons (Fsp3) is 0.556. The lowest BCUT2D eigenvalue weighted by molar-refractivity contribution is 0.00691. The number of rotatable bonds is 5. The molecule has 9 nitrogen and oxygen atoms in total. The molecule has 2 rings (SSSR count). The van der Waals surface area contributed by atoms with Crippen molar-refractivity contribution in [1.82, 2.24) is 9.97 Å². The zero-order chi connectivity index (χ0) is 13.1. The molecule has 0 saturated carbocycles. The van der Waals surface area contributed by atoms with Crippen LogP contribution >= 0.6 is 0 Å². The second-order valence-electron chi connectivity index (χ2n) is 3.86. The van der Waals surface area contributed by atoms with Gasteiger partial charge >= 0.3 is 0 Å². The van der Waals surface area contributed by atoms with Gasteiger partial charge in [0.1, 0.15) is 18.5 Å². The third-order valence-corrected chi connectivity index (χ3v) is 2.43. The van der Waals surface area contributed by atoms with E-state index in [1.807, 2.05) is 0 Å². The molecule has 1 atom stereocenters. The minimum atomic E-state index is -0.919. The molecule has 0 aliphatic carbocycles. The van der Waals surface area contributed by atoms with Crippen LogP contribution in [0.1, 0.15) is 0 Å². The fourth-order valence-corrected chi connectivity index (χ4v) is 1.57. The number of hydrogen-bond acceptors (Lipinski definition) is 8. The zero-order valence-electron chi connectivity index (χ0n) is 9.59. The molecule has 1 unspecified atom stereocenters. The summed E-state index contributed by atoms with van der Waals surface area (Å²) in [6, 6.07) is 0. The van der Waals surface area contributed by atoms with E-state index in [1.54, 1.807) is 4.90 Å². The summed E-state index contributed by atoms with van der Waals surface area (Å²) in [5, 5.41) is 20.6. The predicted octanol–water partition coefficient (Wildman–Crippen LogP) is -2.13. The van der Waals surface area contributed by atoms with Crippen molar-refractivity contribution in [3.8, 4) is 0 Å². The van der Waals surface area contributed by atoms with Gasteiger partial charge in [0.25, 0.3) is 5.56 Å². The maximum absolute atomic E-state index is 11.5. The first-order valence-corrected chi connectivity index (χ1v) is 5.37. The Labute approximate surface area is 102 Å². The molecular weight excluding hydrogens is 242 g/mol. The maximum Gasteiger partial charge on any atom is 0.277 e. The van der Waals surface area contributed by atoms with Crippen LogP contribution in [0.2, 0.25) is 0 Å². The lowest BCUT2D eigenvalue weighted by Crippen LogP contribution is -2.29. The lowest BCUT2D eigenvalue weighted by atomic mass is 10.4. The first kappa shape index (κ1) is 12.6. The highest BCUT2D eigenvalue weighted by Gasteiger charge is 2.23. The van der Waals surface area contributed by atoms with E-state index in [0.29, 0.717) is 18.2 Å². The van der Waals surface area contributed by atoms with Gasteiger partial charge in [-0.25, -0.2) is 0 Å². The van der Waals surface area contributed by atoms with E-state index in [9.17, 15) is 4.79 Å². The summed E-state index contributed by atoms with van der Waals surface area (Å²) in [7, 11) is 0. The molecule has 0 saturated heterocycles. The van der Waals surface area contributed by atoms with Gasteiger partial charge in [-0.3, -0.25) is 9.78 Å². The molecule has 0 spiro atoms. The molecule has 1 aromatic rings. The Morgan fingerprint density at radius 3 is 3.11 bits per heavy atom. The summed E-state index contributed by atoms with van der Waals surface area (Å²) in [6.45, 7) is 0.137. The SMILES string of the molecule is Nc1nc2c(c(=O)[nH]1)NCN2COCC(O)CO. The predicted molar refractivity (Wildman–Crippen MR) is 64.2 cm³/mol. The van der Waals surface area contributed by atoms with Crippen molar-refractivity contribution in [3.05, 3.63) is 10.4 Å². The van der Waals surface area contributed by atoms with Crippen LogP contribution in [0.25, 0.3) is 0 Å². The van der Waals surface area contributed by atoms with E-state index in [1.165, 1.54) is 0 Å². The van der Waals surface area contributed by atoms with Crippen LogP contribution in [0.4, 0.5) is 17.5 Å². The molecule has 0 amide bonds. The van der Waals surface area contributed by atoms with Crippen molar-refractivity contribution >= 4 is 17.5 Å². The second kappa shape index (κ2) is 5.21. The van der Waals surface area contributed by atoms with E-state index < -0.39 is 6.10 Å². The molecule has 1 aliphatic rings. The van der Waals surface area contributed by atoms with Crippen LogP contribution in [0, 0.1) is 0 Å². The van der Waals surface area contributed by atoms with E-state index in [2.05, 4.69) is 15.3 Å². The standard InChI is InChI=1S/C9H15N5O4/c10-9-12-7-6(8(17)13-9)11-3-14(7)4-18-2-5(16)1-15/h5,11,15-16H,1-4H2,(H3,10,12,13,17). The van der Waals surface area contributed by atoms with Gasteiger partial charge < -0.3 is 30.9 Å². The molecule has 2 heterocycles. The number of aromatic nitrogens is 2. The highest BCUT2D eigenvalue weighted by atomic mass is 16.5. The Bertz CT molecular complexity index is 477. The summed E-state index contributed by atoms with van der Waals surface area (Å²) < 4.78 is 5.19. The molecule has 0 bridgehead atoms. The first-order valence-electron chi connectivity index (χ1n) is 5.37. The van der Waals surface area contributed by atoms with Crippen LogP contribution in [0.15, 0.2) is 4.79 Å². The van der Waals surface area contributed by atoms with Crippen LogP contribution in [0.3, 0.4) is 0 Å². The van der Waals surface area contributed by atoms with E-state index in [0.717, 1.165) is 0 Å². The molecule has 0 fully saturated rings. The van der Waals surface area contributed by atoms with E-state index >= 15 is 0 Å². The lowest BCUT2D eigenvalue weighted by Gasteiger charge is -2.17. The average molecular weight is 257 g/mol. The minimum Gasteiger partial charge on any atom is -0.394 e. The van der Waals surface area contributed by atoms with Gasteiger partial charge in [0.05, 0.1) is 19.9 Å². The van der Waals surface area contributed by atoms with Crippen LogP contribution in [-0.4, -0.2) is 52.9 Å². The Balaban J connectivity index is 2.01. The minimum absolute atomic E-state index is 0.000998. The number of aromatic amines is 1. The summed E-state index contributed by atoms with van der Waals surface area (Å²) in [6.07, 6.45) is -0.919. The van der Waals surface area contributed by atoms with Gasteiger partial charge in [-0.1, -0.05) is 0 Å². The molecule has 0 aromatic carbocycles. The average Bonchev–Trinajstić information content (AvgIpc) is 2.72. The Morgan fingerprint density at radius 2 is 2.39 bits per heavy atom. The van der Waals surface area contributed by atoms with Crippen molar-refractivity contribution in [1.29, 1.82) is 0 Å². The quantitative estimate of drug-likeness (QED) is 0.403. The Morgan fingerprint density at radius 1 is 1.61 bits per heavy atom. The van der Waals surface area contributed by atoms with E-state index in [4.69, 9.17) is 20.7 Å². The third kappa shape index (κ3) is 2.53. The number of nitrogens with two attached hydrogens (primary N) is 1. The van der Waals surface area contributed by atoms with Crippen molar-refractivity contribution in [2.24, 2.45) is 0 Å².